The molecule has 0 saturated carbocycles. The molecule has 0 bridgehead atoms. The molecular formula is C18H15N3O2. The molecule has 2 rings (SSSR count). The zero-order valence-electron chi connectivity index (χ0n) is 12.5. The first-order valence-electron chi connectivity index (χ1n) is 7.04. The summed E-state index contributed by atoms with van der Waals surface area (Å²) in [4.78, 5) is 13.4. The van der Waals surface area contributed by atoms with Crippen LogP contribution < -0.4 is 4.74 Å². The fraction of sp³-hybridized carbons (Fsp3) is 0.167. The zero-order chi connectivity index (χ0) is 16.5. The predicted molar refractivity (Wildman–Crippen MR) is 84.3 cm³/mol. The average molecular weight is 305 g/mol. The van der Waals surface area contributed by atoms with Crippen LogP contribution in [0.15, 0.2) is 54.6 Å². The standard InChI is InChI=1S/C18H15N3O2/c19-10-12-21(13-11-20)18(22)16-8-6-15(7-9-16)14-23-17-4-2-1-3-5-17/h1-9H,12-14H2. The van der Waals surface area contributed by atoms with Crippen LogP contribution in [-0.4, -0.2) is 23.9 Å². The molecule has 2 aromatic carbocycles. The van der Waals surface area contributed by atoms with E-state index in [9.17, 15) is 4.79 Å². The Morgan fingerprint density at radius 2 is 1.57 bits per heavy atom. The van der Waals surface area contributed by atoms with Gasteiger partial charge in [-0.25, -0.2) is 0 Å². The number of benzene rings is 2. The Bertz CT molecular complexity index is 712. The number of rotatable bonds is 6. The number of carbonyl (C=O) groups excluding carboxylic acids is 1. The lowest BCUT2D eigenvalue weighted by Gasteiger charge is -2.15. The SMILES string of the molecule is N#CCN(CC#N)C(=O)c1ccc(COc2ccccc2)cc1. The molecule has 0 heterocycles. The van der Waals surface area contributed by atoms with Crippen molar-refractivity contribution in [3.63, 3.8) is 0 Å². The molecule has 114 valence electrons. The first-order valence-corrected chi connectivity index (χ1v) is 7.04. The van der Waals surface area contributed by atoms with E-state index in [1.54, 1.807) is 24.3 Å². The molecule has 0 N–H and O–H groups in total. The van der Waals surface area contributed by atoms with Crippen molar-refractivity contribution in [3.05, 3.63) is 65.7 Å². The summed E-state index contributed by atoms with van der Waals surface area (Å²) < 4.78 is 5.64. The maximum Gasteiger partial charge on any atom is 0.255 e. The molecule has 0 fully saturated rings. The molecule has 0 unspecified atom stereocenters. The second-order valence-electron chi connectivity index (χ2n) is 4.78. The van der Waals surface area contributed by atoms with Crippen molar-refractivity contribution in [1.29, 1.82) is 10.5 Å². The molecule has 0 aliphatic rings. The monoisotopic (exact) mass is 305 g/mol. The van der Waals surface area contributed by atoms with E-state index in [0.717, 1.165) is 11.3 Å². The van der Waals surface area contributed by atoms with Crippen LogP contribution in [0.4, 0.5) is 0 Å². The van der Waals surface area contributed by atoms with Crippen molar-refractivity contribution in [3.8, 4) is 17.9 Å². The lowest BCUT2D eigenvalue weighted by Crippen LogP contribution is -2.31. The van der Waals surface area contributed by atoms with Crippen molar-refractivity contribution in [2.24, 2.45) is 0 Å². The van der Waals surface area contributed by atoms with E-state index >= 15 is 0 Å². The van der Waals surface area contributed by atoms with Crippen molar-refractivity contribution in [1.82, 2.24) is 4.90 Å². The topological polar surface area (TPSA) is 77.1 Å². The van der Waals surface area contributed by atoms with E-state index in [1.807, 2.05) is 42.5 Å². The van der Waals surface area contributed by atoms with Crippen LogP contribution >= 0.6 is 0 Å². The lowest BCUT2D eigenvalue weighted by molar-refractivity contribution is 0.0794. The maximum atomic E-state index is 12.2. The number of hydrogen-bond donors (Lipinski definition) is 0. The Labute approximate surface area is 134 Å². The van der Waals surface area contributed by atoms with E-state index in [2.05, 4.69) is 0 Å². The quantitative estimate of drug-likeness (QED) is 0.769. The molecule has 5 heteroatoms. The van der Waals surface area contributed by atoms with Gasteiger partial charge in [-0.15, -0.1) is 0 Å². The van der Waals surface area contributed by atoms with Gasteiger partial charge in [0, 0.05) is 5.56 Å². The van der Waals surface area contributed by atoms with Gasteiger partial charge in [0.05, 0.1) is 12.1 Å². The number of ether oxygens (including phenoxy) is 1. The Hall–Kier alpha value is -3.31. The molecule has 0 saturated heterocycles. The second-order valence-corrected chi connectivity index (χ2v) is 4.78. The summed E-state index contributed by atoms with van der Waals surface area (Å²) >= 11 is 0. The number of hydrogen-bond acceptors (Lipinski definition) is 4. The summed E-state index contributed by atoms with van der Waals surface area (Å²) in [5.41, 5.74) is 1.37. The fourth-order valence-corrected chi connectivity index (χ4v) is 1.98. The third-order valence-corrected chi connectivity index (χ3v) is 3.16. The molecule has 23 heavy (non-hydrogen) atoms. The van der Waals surface area contributed by atoms with Gasteiger partial charge in [0.1, 0.15) is 25.4 Å². The number of para-hydroxylation sites is 1. The summed E-state index contributed by atoms with van der Waals surface area (Å²) in [7, 11) is 0. The van der Waals surface area contributed by atoms with Gasteiger partial charge in [-0.1, -0.05) is 30.3 Å². The van der Waals surface area contributed by atoms with Gasteiger partial charge < -0.3 is 9.64 Å². The van der Waals surface area contributed by atoms with Crippen molar-refractivity contribution in [2.75, 3.05) is 13.1 Å². The van der Waals surface area contributed by atoms with Gasteiger partial charge in [0.2, 0.25) is 0 Å². The Kier molecular flexibility index (Phi) is 5.74. The molecule has 0 aliphatic heterocycles. The van der Waals surface area contributed by atoms with Crippen LogP contribution in [0.3, 0.4) is 0 Å². The molecule has 0 spiro atoms. The minimum atomic E-state index is -0.330. The molecular weight excluding hydrogens is 290 g/mol. The van der Waals surface area contributed by atoms with E-state index < -0.39 is 0 Å². The number of nitriles is 2. The maximum absolute atomic E-state index is 12.2. The highest BCUT2D eigenvalue weighted by Gasteiger charge is 2.14. The van der Waals surface area contributed by atoms with E-state index in [1.165, 1.54) is 4.90 Å². The number of carbonyl (C=O) groups is 1. The molecule has 0 aliphatic carbocycles. The normalized spacial score (nSPS) is 9.48. The smallest absolute Gasteiger partial charge is 0.255 e. The van der Waals surface area contributed by atoms with Gasteiger partial charge >= 0.3 is 0 Å². The van der Waals surface area contributed by atoms with Crippen molar-refractivity contribution in [2.45, 2.75) is 6.61 Å². The van der Waals surface area contributed by atoms with Gasteiger partial charge in [0.15, 0.2) is 0 Å². The molecule has 5 nitrogen and oxygen atoms in total. The first-order chi connectivity index (χ1) is 11.2. The Morgan fingerprint density at radius 3 is 2.13 bits per heavy atom. The van der Waals surface area contributed by atoms with Crippen molar-refractivity contribution >= 4 is 5.91 Å². The summed E-state index contributed by atoms with van der Waals surface area (Å²) in [5.74, 6) is 0.450. The fourth-order valence-electron chi connectivity index (χ4n) is 1.98. The molecule has 0 aromatic heterocycles. The van der Waals surface area contributed by atoms with Gasteiger partial charge in [0.25, 0.3) is 5.91 Å². The van der Waals surface area contributed by atoms with Crippen LogP contribution in [0.1, 0.15) is 15.9 Å². The second kappa shape index (κ2) is 8.21. The average Bonchev–Trinajstić information content (AvgIpc) is 2.60. The highest BCUT2D eigenvalue weighted by molar-refractivity contribution is 5.94. The highest BCUT2D eigenvalue weighted by Crippen LogP contribution is 2.13. The number of amides is 1. The zero-order valence-corrected chi connectivity index (χ0v) is 12.5. The summed E-state index contributed by atoms with van der Waals surface area (Å²) in [6.07, 6.45) is 0. The largest absolute Gasteiger partial charge is 0.489 e. The van der Waals surface area contributed by atoms with Crippen LogP contribution in [-0.2, 0) is 6.61 Å². The minimum absolute atomic E-state index is 0.106. The predicted octanol–water partition coefficient (Wildman–Crippen LogP) is 2.75. The summed E-state index contributed by atoms with van der Waals surface area (Å²) in [5, 5.41) is 17.4. The Balaban J connectivity index is 2.00. The minimum Gasteiger partial charge on any atom is -0.489 e. The first kappa shape index (κ1) is 16.1. The van der Waals surface area contributed by atoms with Gasteiger partial charge in [-0.3, -0.25) is 4.79 Å². The number of nitrogens with zero attached hydrogens (tertiary/aromatic N) is 3. The molecule has 0 atom stereocenters. The third kappa shape index (κ3) is 4.59. The van der Waals surface area contributed by atoms with E-state index in [4.69, 9.17) is 15.3 Å². The van der Waals surface area contributed by atoms with Crippen LogP contribution in [0.25, 0.3) is 0 Å². The van der Waals surface area contributed by atoms with Crippen LogP contribution in [0.5, 0.6) is 5.75 Å². The molecule has 0 radical (unpaired) electrons. The summed E-state index contributed by atoms with van der Waals surface area (Å²) in [6, 6.07) is 20.2. The highest BCUT2D eigenvalue weighted by atomic mass is 16.5. The van der Waals surface area contributed by atoms with Gasteiger partial charge in [-0.05, 0) is 29.8 Å². The Morgan fingerprint density at radius 1 is 0.957 bits per heavy atom. The summed E-state index contributed by atoms with van der Waals surface area (Å²) in [6.45, 7) is 0.190. The van der Waals surface area contributed by atoms with Crippen LogP contribution in [0.2, 0.25) is 0 Å². The third-order valence-electron chi connectivity index (χ3n) is 3.16. The van der Waals surface area contributed by atoms with E-state index in [0.29, 0.717) is 12.2 Å². The molecule has 1 amide bonds. The van der Waals surface area contributed by atoms with Crippen molar-refractivity contribution < 1.29 is 9.53 Å². The lowest BCUT2D eigenvalue weighted by atomic mass is 10.1. The van der Waals surface area contributed by atoms with Crippen LogP contribution in [0, 0.1) is 22.7 Å². The molecule has 2 aromatic rings. The van der Waals surface area contributed by atoms with Gasteiger partial charge in [-0.2, -0.15) is 10.5 Å². The van der Waals surface area contributed by atoms with E-state index in [-0.39, 0.29) is 19.0 Å².